The zero-order valence-corrected chi connectivity index (χ0v) is 16.8. The van der Waals surface area contributed by atoms with Gasteiger partial charge >= 0.3 is 5.97 Å². The Labute approximate surface area is 146 Å². The minimum Gasteiger partial charge on any atom is -0.469 e. The maximum Gasteiger partial charge on any atom is 0.305 e. The van der Waals surface area contributed by atoms with Gasteiger partial charge in [0.05, 0.1) is 15.2 Å². The summed E-state index contributed by atoms with van der Waals surface area (Å²) >= 11 is 0. The van der Waals surface area contributed by atoms with Crippen molar-refractivity contribution in [2.24, 2.45) is 17.3 Å². The Morgan fingerprint density at radius 1 is 1.29 bits per heavy atom. The molecule has 132 valence electrons. The first-order valence-electron chi connectivity index (χ1n) is 8.72. The summed E-state index contributed by atoms with van der Waals surface area (Å²) < 4.78 is 4.96. The van der Waals surface area contributed by atoms with Crippen molar-refractivity contribution in [2.75, 3.05) is 7.11 Å². The van der Waals surface area contributed by atoms with Gasteiger partial charge in [0.15, 0.2) is 0 Å². The van der Waals surface area contributed by atoms with E-state index in [9.17, 15) is 9.59 Å². The first kappa shape index (κ1) is 18.9. The Balaban J connectivity index is 2.57. The van der Waals surface area contributed by atoms with Crippen LogP contribution in [0.5, 0.6) is 0 Å². The highest BCUT2D eigenvalue weighted by atomic mass is 28.3. The first-order valence-corrected chi connectivity index (χ1v) is 11.7. The molecule has 4 heteroatoms. The number of hydrogen-bond acceptors (Lipinski definition) is 3. The van der Waals surface area contributed by atoms with E-state index in [2.05, 4.69) is 51.2 Å². The number of aldehydes is 1. The molecule has 0 aliphatic heterocycles. The Bertz CT molecular complexity index is 613. The molecule has 1 aliphatic carbocycles. The predicted molar refractivity (Wildman–Crippen MR) is 100 cm³/mol. The average molecular weight is 347 g/mol. The predicted octanol–water partition coefficient (Wildman–Crippen LogP) is 3.79. The second kappa shape index (κ2) is 6.47. The fourth-order valence-electron chi connectivity index (χ4n) is 5.09. The third kappa shape index (κ3) is 2.75. The Morgan fingerprint density at radius 3 is 2.38 bits per heavy atom. The van der Waals surface area contributed by atoms with Crippen molar-refractivity contribution in [2.45, 2.75) is 51.7 Å². The van der Waals surface area contributed by atoms with E-state index in [-0.39, 0.29) is 16.9 Å². The lowest BCUT2D eigenvalue weighted by Crippen LogP contribution is -2.56. The summed E-state index contributed by atoms with van der Waals surface area (Å²) in [5, 5.41) is 1.32. The summed E-state index contributed by atoms with van der Waals surface area (Å²) in [4.78, 5) is 24.1. The molecule has 4 atom stereocenters. The van der Waals surface area contributed by atoms with Gasteiger partial charge in [0.2, 0.25) is 0 Å². The van der Waals surface area contributed by atoms with Crippen LogP contribution in [-0.2, 0) is 14.3 Å². The van der Waals surface area contributed by atoms with Crippen LogP contribution >= 0.6 is 0 Å². The van der Waals surface area contributed by atoms with E-state index in [0.717, 1.165) is 12.7 Å². The summed E-state index contributed by atoms with van der Waals surface area (Å²) in [6, 6.07) is 10.6. The molecule has 0 bridgehead atoms. The molecule has 0 aromatic heterocycles. The number of ether oxygens (including phenoxy) is 1. The van der Waals surface area contributed by atoms with Crippen LogP contribution in [0.2, 0.25) is 18.1 Å². The molecule has 0 amide bonds. The van der Waals surface area contributed by atoms with Gasteiger partial charge in [0, 0.05) is 11.8 Å². The zero-order chi connectivity index (χ0) is 18.2. The summed E-state index contributed by atoms with van der Waals surface area (Å²) in [5.41, 5.74) is -0.471. The van der Waals surface area contributed by atoms with Crippen molar-refractivity contribution in [1.82, 2.24) is 0 Å². The number of carbonyl (C=O) groups is 2. The monoisotopic (exact) mass is 346 g/mol. The van der Waals surface area contributed by atoms with E-state index < -0.39 is 13.5 Å². The molecule has 1 aromatic rings. The van der Waals surface area contributed by atoms with Gasteiger partial charge < -0.3 is 9.53 Å². The highest BCUT2D eigenvalue weighted by molar-refractivity contribution is 6.92. The van der Waals surface area contributed by atoms with Crippen LogP contribution in [0.4, 0.5) is 0 Å². The molecule has 1 aromatic carbocycles. The SMILES string of the molecule is COC(=O)C[C@@H]1[C@@](C)([Si](C)(C)c2ccccc2)[C@H](C)C[C@]1(C)C=O. The summed E-state index contributed by atoms with van der Waals surface area (Å²) in [5.74, 6) is 0.169. The van der Waals surface area contributed by atoms with Crippen LogP contribution in [0.1, 0.15) is 33.6 Å². The van der Waals surface area contributed by atoms with Crippen molar-refractivity contribution < 1.29 is 14.3 Å². The standard InChI is InChI=1S/C20H30O3Si/c1-15-13-19(2,14-21)17(12-18(22)23-4)20(15,3)24(5,6)16-10-8-7-9-11-16/h7-11,14-15,17H,12-13H2,1-6H3/t15-,17+,19-,20+/m1/s1. The fraction of sp³-hybridized carbons (Fsp3) is 0.600. The van der Waals surface area contributed by atoms with Gasteiger partial charge in [-0.2, -0.15) is 0 Å². The third-order valence-electron chi connectivity index (χ3n) is 7.00. The lowest BCUT2D eigenvalue weighted by atomic mass is 9.76. The molecule has 24 heavy (non-hydrogen) atoms. The molecule has 1 fully saturated rings. The van der Waals surface area contributed by atoms with Gasteiger partial charge in [0.25, 0.3) is 0 Å². The minimum atomic E-state index is -1.95. The van der Waals surface area contributed by atoms with E-state index >= 15 is 0 Å². The molecule has 0 unspecified atom stereocenters. The van der Waals surface area contributed by atoms with Crippen LogP contribution < -0.4 is 5.19 Å². The topological polar surface area (TPSA) is 43.4 Å². The maximum atomic E-state index is 12.1. The van der Waals surface area contributed by atoms with E-state index in [1.807, 2.05) is 13.0 Å². The Kier molecular flexibility index (Phi) is 5.10. The van der Waals surface area contributed by atoms with E-state index in [1.54, 1.807) is 0 Å². The van der Waals surface area contributed by atoms with Crippen molar-refractivity contribution >= 4 is 25.5 Å². The summed E-state index contributed by atoms with van der Waals surface area (Å²) in [6.45, 7) is 11.3. The van der Waals surface area contributed by atoms with E-state index in [0.29, 0.717) is 12.3 Å². The van der Waals surface area contributed by atoms with Crippen LogP contribution in [0.15, 0.2) is 30.3 Å². The van der Waals surface area contributed by atoms with Crippen LogP contribution in [0.3, 0.4) is 0 Å². The lowest BCUT2D eigenvalue weighted by Gasteiger charge is -2.49. The van der Waals surface area contributed by atoms with Crippen LogP contribution in [0, 0.1) is 17.3 Å². The quantitative estimate of drug-likeness (QED) is 0.463. The summed E-state index contributed by atoms with van der Waals surface area (Å²) in [7, 11) is -0.521. The summed E-state index contributed by atoms with van der Waals surface area (Å²) in [6.07, 6.45) is 2.23. The smallest absolute Gasteiger partial charge is 0.305 e. The van der Waals surface area contributed by atoms with Gasteiger partial charge in [-0.25, -0.2) is 0 Å². The molecule has 0 N–H and O–H groups in total. The molecule has 1 saturated carbocycles. The van der Waals surface area contributed by atoms with Crippen molar-refractivity contribution in [3.8, 4) is 0 Å². The minimum absolute atomic E-state index is 0.00632. The molecule has 0 saturated heterocycles. The van der Waals surface area contributed by atoms with Crippen molar-refractivity contribution in [1.29, 1.82) is 0 Å². The van der Waals surface area contributed by atoms with Crippen molar-refractivity contribution in [3.63, 3.8) is 0 Å². The molecule has 0 spiro atoms. The molecule has 3 nitrogen and oxygen atoms in total. The number of hydrogen-bond donors (Lipinski definition) is 0. The van der Waals surface area contributed by atoms with Gasteiger partial charge in [-0.05, 0) is 23.3 Å². The number of benzene rings is 1. The van der Waals surface area contributed by atoms with Gasteiger partial charge in [-0.1, -0.05) is 69.4 Å². The number of esters is 1. The van der Waals surface area contributed by atoms with Crippen molar-refractivity contribution in [3.05, 3.63) is 30.3 Å². The average Bonchev–Trinajstić information content (AvgIpc) is 2.77. The highest BCUT2D eigenvalue weighted by Crippen LogP contribution is 2.66. The number of carbonyl (C=O) groups excluding carboxylic acids is 2. The Hall–Kier alpha value is -1.42. The molecular formula is C20H30O3Si. The largest absolute Gasteiger partial charge is 0.469 e. The zero-order valence-electron chi connectivity index (χ0n) is 15.8. The van der Waals surface area contributed by atoms with E-state index in [4.69, 9.17) is 4.74 Å². The normalized spacial score (nSPS) is 33.2. The highest BCUT2D eigenvalue weighted by Gasteiger charge is 2.63. The lowest BCUT2D eigenvalue weighted by molar-refractivity contribution is -0.143. The number of rotatable bonds is 5. The number of methoxy groups -OCH3 is 1. The molecule has 1 aliphatic rings. The van der Waals surface area contributed by atoms with Gasteiger partial charge in [0.1, 0.15) is 6.29 Å². The first-order chi connectivity index (χ1) is 11.1. The molecule has 0 radical (unpaired) electrons. The molecular weight excluding hydrogens is 316 g/mol. The van der Waals surface area contributed by atoms with Gasteiger partial charge in [-0.3, -0.25) is 4.79 Å². The maximum absolute atomic E-state index is 12.1. The second-order valence-corrected chi connectivity index (χ2v) is 13.2. The second-order valence-electron chi connectivity index (χ2n) is 8.34. The Morgan fingerprint density at radius 2 is 1.88 bits per heavy atom. The molecule has 0 heterocycles. The third-order valence-corrected chi connectivity index (χ3v) is 12.3. The molecule has 2 rings (SSSR count). The van der Waals surface area contributed by atoms with Gasteiger partial charge in [-0.15, -0.1) is 0 Å². The van der Waals surface area contributed by atoms with Crippen LogP contribution in [0.25, 0.3) is 0 Å². The van der Waals surface area contributed by atoms with Crippen LogP contribution in [-0.4, -0.2) is 27.4 Å². The van der Waals surface area contributed by atoms with E-state index in [1.165, 1.54) is 12.3 Å². The fourth-order valence-corrected chi connectivity index (χ4v) is 9.37.